The number of hydrogen-bond donors (Lipinski definition) is 1. The predicted molar refractivity (Wildman–Crippen MR) is 84.1 cm³/mol. The summed E-state index contributed by atoms with van der Waals surface area (Å²) in [4.78, 5) is 6.93. The number of nitrogens with two attached hydrogens (primary N) is 1. The SMILES string of the molecule is CN(c1ccccc1)c1ccc2c(n1)CCC=C2CN. The number of rotatable bonds is 3. The van der Waals surface area contributed by atoms with Gasteiger partial charge in [0.1, 0.15) is 5.82 Å². The van der Waals surface area contributed by atoms with E-state index in [1.165, 1.54) is 11.1 Å². The van der Waals surface area contributed by atoms with Gasteiger partial charge in [-0.15, -0.1) is 0 Å². The third-order valence-electron chi connectivity index (χ3n) is 3.78. The van der Waals surface area contributed by atoms with E-state index in [1.54, 1.807) is 0 Å². The predicted octanol–water partition coefficient (Wildman–Crippen LogP) is 3.14. The molecule has 0 unspecified atom stereocenters. The van der Waals surface area contributed by atoms with Gasteiger partial charge in [-0.25, -0.2) is 4.98 Å². The fraction of sp³-hybridized carbons (Fsp3) is 0.235. The van der Waals surface area contributed by atoms with Gasteiger partial charge in [-0.1, -0.05) is 24.3 Å². The number of hydrogen-bond acceptors (Lipinski definition) is 3. The Kier molecular flexibility index (Phi) is 3.52. The monoisotopic (exact) mass is 265 g/mol. The molecule has 0 saturated heterocycles. The van der Waals surface area contributed by atoms with Crippen molar-refractivity contribution >= 4 is 17.1 Å². The number of para-hydroxylation sites is 1. The van der Waals surface area contributed by atoms with Crippen LogP contribution in [-0.4, -0.2) is 18.6 Å². The van der Waals surface area contributed by atoms with Crippen molar-refractivity contribution in [2.24, 2.45) is 5.73 Å². The quantitative estimate of drug-likeness (QED) is 0.927. The van der Waals surface area contributed by atoms with Crippen LogP contribution in [0.5, 0.6) is 0 Å². The van der Waals surface area contributed by atoms with Crippen LogP contribution in [0, 0.1) is 0 Å². The number of aryl methyl sites for hydroxylation is 1. The lowest BCUT2D eigenvalue weighted by Crippen LogP contribution is -2.15. The maximum Gasteiger partial charge on any atom is 0.133 e. The summed E-state index contributed by atoms with van der Waals surface area (Å²) < 4.78 is 0. The van der Waals surface area contributed by atoms with Crippen LogP contribution in [0.2, 0.25) is 0 Å². The first-order chi connectivity index (χ1) is 9.79. The summed E-state index contributed by atoms with van der Waals surface area (Å²) in [6.07, 6.45) is 4.25. The summed E-state index contributed by atoms with van der Waals surface area (Å²) in [5.41, 5.74) is 10.5. The smallest absolute Gasteiger partial charge is 0.133 e. The number of pyridine rings is 1. The van der Waals surface area contributed by atoms with E-state index < -0.39 is 0 Å². The zero-order valence-corrected chi connectivity index (χ0v) is 11.7. The van der Waals surface area contributed by atoms with Gasteiger partial charge in [0.05, 0.1) is 5.69 Å². The maximum atomic E-state index is 5.80. The van der Waals surface area contributed by atoms with E-state index in [2.05, 4.69) is 35.2 Å². The van der Waals surface area contributed by atoms with Crippen molar-refractivity contribution in [3.8, 4) is 0 Å². The van der Waals surface area contributed by atoms with E-state index in [1.807, 2.05) is 25.2 Å². The second-order valence-electron chi connectivity index (χ2n) is 5.03. The number of allylic oxidation sites excluding steroid dienone is 1. The van der Waals surface area contributed by atoms with E-state index in [0.29, 0.717) is 6.54 Å². The molecule has 0 amide bonds. The molecule has 0 radical (unpaired) electrons. The van der Waals surface area contributed by atoms with Crippen molar-refractivity contribution in [3.05, 3.63) is 59.8 Å². The molecule has 102 valence electrons. The van der Waals surface area contributed by atoms with Gasteiger partial charge in [0.2, 0.25) is 0 Å². The van der Waals surface area contributed by atoms with Crippen LogP contribution >= 0.6 is 0 Å². The van der Waals surface area contributed by atoms with Crippen molar-refractivity contribution in [2.45, 2.75) is 12.8 Å². The summed E-state index contributed by atoms with van der Waals surface area (Å²) in [5.74, 6) is 0.980. The molecule has 3 rings (SSSR count). The van der Waals surface area contributed by atoms with Crippen molar-refractivity contribution in [3.63, 3.8) is 0 Å². The van der Waals surface area contributed by atoms with E-state index in [9.17, 15) is 0 Å². The van der Waals surface area contributed by atoms with Gasteiger partial charge in [0, 0.05) is 24.8 Å². The minimum atomic E-state index is 0.586. The second-order valence-corrected chi connectivity index (χ2v) is 5.03. The number of anilines is 2. The summed E-state index contributed by atoms with van der Waals surface area (Å²) in [6.45, 7) is 0.586. The fourth-order valence-corrected chi connectivity index (χ4v) is 2.63. The van der Waals surface area contributed by atoms with Crippen LogP contribution in [-0.2, 0) is 6.42 Å². The van der Waals surface area contributed by atoms with Gasteiger partial charge in [-0.2, -0.15) is 0 Å². The van der Waals surface area contributed by atoms with Gasteiger partial charge in [-0.3, -0.25) is 0 Å². The minimum Gasteiger partial charge on any atom is -0.329 e. The summed E-state index contributed by atoms with van der Waals surface area (Å²) >= 11 is 0. The lowest BCUT2D eigenvalue weighted by atomic mass is 9.95. The normalized spacial score (nSPS) is 13.6. The summed E-state index contributed by atoms with van der Waals surface area (Å²) in [7, 11) is 2.05. The van der Waals surface area contributed by atoms with Crippen LogP contribution in [0.1, 0.15) is 17.7 Å². The average Bonchev–Trinajstić information content (AvgIpc) is 2.53. The van der Waals surface area contributed by atoms with Crippen LogP contribution in [0.4, 0.5) is 11.5 Å². The van der Waals surface area contributed by atoms with Gasteiger partial charge in [0.25, 0.3) is 0 Å². The molecular formula is C17H19N3. The Balaban J connectivity index is 1.95. The highest BCUT2D eigenvalue weighted by molar-refractivity contribution is 5.72. The van der Waals surface area contributed by atoms with Gasteiger partial charge in [-0.05, 0) is 42.7 Å². The topological polar surface area (TPSA) is 42.2 Å². The molecule has 1 aromatic heterocycles. The minimum absolute atomic E-state index is 0.586. The Labute approximate surface area is 119 Å². The number of benzene rings is 1. The van der Waals surface area contributed by atoms with Crippen LogP contribution < -0.4 is 10.6 Å². The third kappa shape index (κ3) is 2.32. The van der Waals surface area contributed by atoms with Crippen LogP contribution in [0.15, 0.2) is 48.5 Å². The average molecular weight is 265 g/mol. The third-order valence-corrected chi connectivity index (χ3v) is 3.78. The lowest BCUT2D eigenvalue weighted by Gasteiger charge is -2.22. The summed E-state index contributed by atoms with van der Waals surface area (Å²) in [6, 6.07) is 14.5. The molecule has 0 atom stereocenters. The van der Waals surface area contributed by atoms with E-state index >= 15 is 0 Å². The molecular weight excluding hydrogens is 246 g/mol. The summed E-state index contributed by atoms with van der Waals surface area (Å²) in [5, 5.41) is 0. The van der Waals surface area contributed by atoms with Gasteiger partial charge in [0.15, 0.2) is 0 Å². The molecule has 1 aromatic carbocycles. The number of aromatic nitrogens is 1. The first-order valence-corrected chi connectivity index (χ1v) is 6.98. The Hall–Kier alpha value is -2.13. The zero-order valence-electron chi connectivity index (χ0n) is 11.7. The second kappa shape index (κ2) is 5.47. The molecule has 1 heterocycles. The molecule has 0 aliphatic heterocycles. The van der Waals surface area contributed by atoms with Crippen molar-refractivity contribution < 1.29 is 0 Å². The largest absolute Gasteiger partial charge is 0.329 e. The van der Waals surface area contributed by atoms with Crippen molar-refractivity contribution in [2.75, 3.05) is 18.5 Å². The number of nitrogens with zero attached hydrogens (tertiary/aromatic N) is 2. The van der Waals surface area contributed by atoms with Crippen LogP contribution in [0.3, 0.4) is 0 Å². The molecule has 3 nitrogen and oxygen atoms in total. The lowest BCUT2D eigenvalue weighted by molar-refractivity contribution is 0.906. The van der Waals surface area contributed by atoms with E-state index in [-0.39, 0.29) is 0 Å². The molecule has 0 saturated carbocycles. The maximum absolute atomic E-state index is 5.80. The zero-order chi connectivity index (χ0) is 13.9. The van der Waals surface area contributed by atoms with E-state index in [0.717, 1.165) is 30.0 Å². The van der Waals surface area contributed by atoms with E-state index in [4.69, 9.17) is 10.7 Å². The molecule has 20 heavy (non-hydrogen) atoms. The van der Waals surface area contributed by atoms with Gasteiger partial charge < -0.3 is 10.6 Å². The Morgan fingerprint density at radius 1 is 1.15 bits per heavy atom. The molecule has 0 bridgehead atoms. The Morgan fingerprint density at radius 2 is 1.95 bits per heavy atom. The molecule has 3 heteroatoms. The first-order valence-electron chi connectivity index (χ1n) is 6.98. The molecule has 2 N–H and O–H groups in total. The fourth-order valence-electron chi connectivity index (χ4n) is 2.63. The van der Waals surface area contributed by atoms with Crippen molar-refractivity contribution in [1.29, 1.82) is 0 Å². The molecule has 1 aliphatic rings. The standard InChI is InChI=1S/C17H19N3/c1-20(14-7-3-2-4-8-14)17-11-10-15-13(12-18)6-5-9-16(15)19-17/h2-4,6-8,10-11H,5,9,12,18H2,1H3. The Morgan fingerprint density at radius 3 is 2.70 bits per heavy atom. The molecule has 1 aliphatic carbocycles. The highest BCUT2D eigenvalue weighted by Crippen LogP contribution is 2.28. The molecule has 0 fully saturated rings. The molecule has 2 aromatic rings. The highest BCUT2D eigenvalue weighted by Gasteiger charge is 2.15. The van der Waals surface area contributed by atoms with Gasteiger partial charge >= 0.3 is 0 Å². The first kappa shape index (κ1) is 12.9. The van der Waals surface area contributed by atoms with Crippen LogP contribution in [0.25, 0.3) is 5.57 Å². The van der Waals surface area contributed by atoms with Crippen molar-refractivity contribution in [1.82, 2.24) is 4.98 Å². The number of fused-ring (bicyclic) bond motifs is 1. The highest BCUT2D eigenvalue weighted by atomic mass is 15.2. The Bertz CT molecular complexity index is 632. The molecule has 0 spiro atoms.